The molecule has 0 saturated heterocycles. The number of allylic oxidation sites excluding steroid dienone is 14. The van der Waals surface area contributed by atoms with Crippen LogP contribution in [-0.2, 0) is 0 Å². The molecule has 0 N–H and O–H groups in total. The Balaban J connectivity index is 2.34. The van der Waals surface area contributed by atoms with E-state index in [4.69, 9.17) is 0 Å². The van der Waals surface area contributed by atoms with Gasteiger partial charge in [0, 0.05) is 0 Å². The SMILES string of the molecule is C1=CC=CC=CC=CCCCCCCCCCCCCC=CC=CC=C1. The van der Waals surface area contributed by atoms with Crippen molar-refractivity contribution >= 4 is 0 Å². The lowest BCUT2D eigenvalue weighted by Crippen LogP contribution is -1.82. The Kier molecular flexibility index (Phi) is 16.7. The second-order valence-electron chi connectivity index (χ2n) is 6.89. The molecule has 0 saturated carbocycles. The molecule has 0 atom stereocenters. The Labute approximate surface area is 162 Å². The molecule has 0 nitrogen and oxygen atoms in total. The maximum atomic E-state index is 2.29. The monoisotopic (exact) mass is 350 g/mol. The molecule has 0 aromatic carbocycles. The molecule has 0 heterocycles. The molecular formula is C26H38. The highest BCUT2D eigenvalue weighted by molar-refractivity contribution is 5.20. The first-order valence-electron chi connectivity index (χ1n) is 10.6. The van der Waals surface area contributed by atoms with Crippen molar-refractivity contribution in [1.82, 2.24) is 0 Å². The molecule has 142 valence electrons. The second-order valence-corrected chi connectivity index (χ2v) is 6.89. The van der Waals surface area contributed by atoms with E-state index >= 15 is 0 Å². The molecule has 0 aromatic rings. The quantitative estimate of drug-likeness (QED) is 0.410. The van der Waals surface area contributed by atoms with Crippen LogP contribution in [0.25, 0.3) is 0 Å². The summed E-state index contributed by atoms with van der Waals surface area (Å²) in [4.78, 5) is 0. The minimum atomic E-state index is 1.21. The fourth-order valence-electron chi connectivity index (χ4n) is 2.93. The smallest absolute Gasteiger partial charge is 0.0348 e. The van der Waals surface area contributed by atoms with Crippen LogP contribution in [0.15, 0.2) is 85.1 Å². The second kappa shape index (κ2) is 19.5. The van der Waals surface area contributed by atoms with E-state index in [0.717, 1.165) is 0 Å². The van der Waals surface area contributed by atoms with Crippen LogP contribution in [0.4, 0.5) is 0 Å². The lowest BCUT2D eigenvalue weighted by molar-refractivity contribution is 0.553. The minimum Gasteiger partial charge on any atom is -0.0845 e. The summed E-state index contributed by atoms with van der Waals surface area (Å²) in [5, 5.41) is 0. The van der Waals surface area contributed by atoms with Crippen molar-refractivity contribution in [2.45, 2.75) is 77.0 Å². The third-order valence-electron chi connectivity index (χ3n) is 4.49. The van der Waals surface area contributed by atoms with Gasteiger partial charge in [0.25, 0.3) is 0 Å². The van der Waals surface area contributed by atoms with Crippen molar-refractivity contribution in [3.63, 3.8) is 0 Å². The van der Waals surface area contributed by atoms with Crippen LogP contribution in [0.3, 0.4) is 0 Å². The van der Waals surface area contributed by atoms with Gasteiger partial charge in [-0.2, -0.15) is 0 Å². The standard InChI is InChI=1S/C26H38/c1-2-4-6-8-10-12-14-16-18-20-22-24-26-25-23-21-19-17-15-13-11-9-7-5-3-1/h1-14H,15-26H2. The lowest BCUT2D eigenvalue weighted by Gasteiger charge is -2.01. The lowest BCUT2D eigenvalue weighted by atomic mass is 10.0. The first-order valence-corrected chi connectivity index (χ1v) is 10.6. The van der Waals surface area contributed by atoms with E-state index in [2.05, 4.69) is 85.1 Å². The van der Waals surface area contributed by atoms with Crippen molar-refractivity contribution in [2.75, 3.05) is 0 Å². The topological polar surface area (TPSA) is 0 Å². The summed E-state index contributed by atoms with van der Waals surface area (Å²) < 4.78 is 0. The van der Waals surface area contributed by atoms with Crippen LogP contribution in [0.2, 0.25) is 0 Å². The first-order chi connectivity index (χ1) is 13.0. The van der Waals surface area contributed by atoms with Crippen molar-refractivity contribution in [3.8, 4) is 0 Å². The average Bonchev–Trinajstić information content (AvgIpc) is 2.65. The van der Waals surface area contributed by atoms with Gasteiger partial charge in [-0.05, 0) is 25.7 Å². The van der Waals surface area contributed by atoms with Crippen LogP contribution in [0, 0.1) is 0 Å². The van der Waals surface area contributed by atoms with Gasteiger partial charge in [-0.3, -0.25) is 0 Å². The third kappa shape index (κ3) is 17.0. The normalized spacial score (nSPS) is 19.7. The van der Waals surface area contributed by atoms with Crippen molar-refractivity contribution in [2.24, 2.45) is 0 Å². The predicted molar refractivity (Wildman–Crippen MR) is 119 cm³/mol. The van der Waals surface area contributed by atoms with E-state index in [1.807, 2.05) is 0 Å². The highest BCUT2D eigenvalue weighted by atomic mass is 14.0. The molecule has 26 heavy (non-hydrogen) atoms. The number of hydrogen-bond donors (Lipinski definition) is 0. The van der Waals surface area contributed by atoms with E-state index in [1.54, 1.807) is 0 Å². The van der Waals surface area contributed by atoms with E-state index in [9.17, 15) is 0 Å². The van der Waals surface area contributed by atoms with Crippen LogP contribution in [-0.4, -0.2) is 0 Å². The fraction of sp³-hybridized carbons (Fsp3) is 0.462. The highest BCUT2D eigenvalue weighted by Crippen LogP contribution is 2.12. The molecule has 0 heteroatoms. The van der Waals surface area contributed by atoms with E-state index in [-0.39, 0.29) is 0 Å². The largest absolute Gasteiger partial charge is 0.0845 e. The molecule has 0 radical (unpaired) electrons. The van der Waals surface area contributed by atoms with Crippen LogP contribution in [0.1, 0.15) is 77.0 Å². The summed E-state index contributed by atoms with van der Waals surface area (Å²) in [6.07, 6.45) is 46.0. The molecule has 0 spiro atoms. The predicted octanol–water partition coefficient (Wildman–Crippen LogP) is 8.57. The average molecular weight is 351 g/mol. The van der Waals surface area contributed by atoms with Crippen molar-refractivity contribution in [1.29, 1.82) is 0 Å². The Morgan fingerprint density at radius 1 is 0.231 bits per heavy atom. The molecule has 0 fully saturated rings. The van der Waals surface area contributed by atoms with Crippen LogP contribution >= 0.6 is 0 Å². The molecule has 1 aliphatic rings. The van der Waals surface area contributed by atoms with Gasteiger partial charge in [0.15, 0.2) is 0 Å². The van der Waals surface area contributed by atoms with E-state index in [0.29, 0.717) is 0 Å². The molecular weight excluding hydrogens is 312 g/mol. The Bertz CT molecular complexity index is 448. The maximum Gasteiger partial charge on any atom is -0.0348 e. The summed E-state index contributed by atoms with van der Waals surface area (Å²) in [5.41, 5.74) is 0. The van der Waals surface area contributed by atoms with Gasteiger partial charge in [0.05, 0.1) is 0 Å². The minimum absolute atomic E-state index is 1.21. The van der Waals surface area contributed by atoms with Crippen molar-refractivity contribution < 1.29 is 0 Å². The zero-order valence-electron chi connectivity index (χ0n) is 16.6. The van der Waals surface area contributed by atoms with Gasteiger partial charge in [-0.15, -0.1) is 0 Å². The molecule has 1 aliphatic carbocycles. The van der Waals surface area contributed by atoms with Gasteiger partial charge in [0.2, 0.25) is 0 Å². The fourth-order valence-corrected chi connectivity index (χ4v) is 2.93. The van der Waals surface area contributed by atoms with Gasteiger partial charge in [0.1, 0.15) is 0 Å². The molecule has 0 unspecified atom stereocenters. The molecule has 0 bridgehead atoms. The Hall–Kier alpha value is -1.82. The molecule has 0 aromatic heterocycles. The molecule has 1 rings (SSSR count). The van der Waals surface area contributed by atoms with E-state index < -0.39 is 0 Å². The van der Waals surface area contributed by atoms with Gasteiger partial charge >= 0.3 is 0 Å². The van der Waals surface area contributed by atoms with Gasteiger partial charge < -0.3 is 0 Å². The highest BCUT2D eigenvalue weighted by Gasteiger charge is 1.92. The third-order valence-corrected chi connectivity index (χ3v) is 4.49. The number of rotatable bonds is 0. The van der Waals surface area contributed by atoms with Crippen LogP contribution in [0.5, 0.6) is 0 Å². The van der Waals surface area contributed by atoms with Crippen molar-refractivity contribution in [3.05, 3.63) is 85.1 Å². The number of hydrogen-bond acceptors (Lipinski definition) is 0. The summed E-state index contributed by atoms with van der Waals surface area (Å²) >= 11 is 0. The van der Waals surface area contributed by atoms with Gasteiger partial charge in [-0.1, -0.05) is 136 Å². The zero-order valence-corrected chi connectivity index (χ0v) is 16.6. The first kappa shape index (κ1) is 22.2. The maximum absolute atomic E-state index is 2.29. The summed E-state index contributed by atoms with van der Waals surface area (Å²) in [6.45, 7) is 0. The molecule has 0 amide bonds. The molecule has 0 aliphatic heterocycles. The van der Waals surface area contributed by atoms with E-state index in [1.165, 1.54) is 77.0 Å². The van der Waals surface area contributed by atoms with Gasteiger partial charge in [-0.25, -0.2) is 0 Å². The zero-order chi connectivity index (χ0) is 18.4. The Morgan fingerprint density at radius 3 is 0.769 bits per heavy atom. The summed E-state index contributed by atoms with van der Waals surface area (Å²) in [5.74, 6) is 0. The van der Waals surface area contributed by atoms with Crippen LogP contribution < -0.4 is 0 Å². The summed E-state index contributed by atoms with van der Waals surface area (Å²) in [6, 6.07) is 0. The Morgan fingerprint density at radius 2 is 0.462 bits per heavy atom. The summed E-state index contributed by atoms with van der Waals surface area (Å²) in [7, 11) is 0.